The lowest BCUT2D eigenvalue weighted by Crippen LogP contribution is -2.22. The highest BCUT2D eigenvalue weighted by molar-refractivity contribution is 7.14. The summed E-state index contributed by atoms with van der Waals surface area (Å²) in [7, 11) is 0. The summed E-state index contributed by atoms with van der Waals surface area (Å²) in [4.78, 5) is 27.9. The Morgan fingerprint density at radius 3 is 2.66 bits per heavy atom. The molecule has 0 atom stereocenters. The van der Waals surface area contributed by atoms with Crippen LogP contribution in [0.15, 0.2) is 64.4 Å². The molecule has 0 aliphatic carbocycles. The van der Waals surface area contributed by atoms with Gasteiger partial charge in [0.1, 0.15) is 5.58 Å². The fourth-order valence-electron chi connectivity index (χ4n) is 2.94. The normalized spacial score (nSPS) is 10.8. The number of nitrogens with zero attached hydrogens (tertiary/aromatic N) is 1. The molecule has 4 aromatic rings. The molecule has 2 heterocycles. The molecule has 146 valence electrons. The number of para-hydroxylation sites is 1. The molecule has 2 aromatic carbocycles. The van der Waals surface area contributed by atoms with E-state index in [1.165, 1.54) is 18.3 Å². The predicted molar refractivity (Wildman–Crippen MR) is 114 cm³/mol. The van der Waals surface area contributed by atoms with Gasteiger partial charge in [-0.2, -0.15) is 0 Å². The summed E-state index contributed by atoms with van der Waals surface area (Å²) in [6.45, 7) is 2.12. The van der Waals surface area contributed by atoms with Gasteiger partial charge in [-0.15, -0.1) is 11.3 Å². The SMILES string of the molecule is CC(=O)NCCc1ccc(-c2csc(NC(=O)c3cc4ccccc4o3)n2)cc1. The number of thiazole rings is 1. The molecule has 0 fully saturated rings. The maximum Gasteiger partial charge on any atom is 0.293 e. The summed E-state index contributed by atoms with van der Waals surface area (Å²) >= 11 is 1.36. The Kier molecular flexibility index (Phi) is 5.39. The van der Waals surface area contributed by atoms with E-state index in [1.54, 1.807) is 6.07 Å². The molecule has 0 aliphatic heterocycles. The van der Waals surface area contributed by atoms with Crippen LogP contribution in [0.3, 0.4) is 0 Å². The molecule has 6 nitrogen and oxygen atoms in total. The molecule has 29 heavy (non-hydrogen) atoms. The summed E-state index contributed by atoms with van der Waals surface area (Å²) in [6.07, 6.45) is 0.774. The minimum atomic E-state index is -0.324. The average Bonchev–Trinajstić information content (AvgIpc) is 3.35. The van der Waals surface area contributed by atoms with Crippen molar-refractivity contribution in [3.8, 4) is 11.3 Å². The zero-order chi connectivity index (χ0) is 20.2. The van der Waals surface area contributed by atoms with Gasteiger partial charge >= 0.3 is 0 Å². The summed E-state index contributed by atoms with van der Waals surface area (Å²) in [5.74, 6) is -0.0943. The lowest BCUT2D eigenvalue weighted by Gasteiger charge is -2.03. The largest absolute Gasteiger partial charge is 0.451 e. The highest BCUT2D eigenvalue weighted by Gasteiger charge is 2.14. The van der Waals surface area contributed by atoms with E-state index >= 15 is 0 Å². The molecule has 0 unspecified atom stereocenters. The maximum absolute atomic E-state index is 12.5. The molecule has 0 spiro atoms. The molecular formula is C22H19N3O3S. The molecular weight excluding hydrogens is 386 g/mol. The third kappa shape index (κ3) is 4.52. The number of anilines is 1. The number of aromatic nitrogens is 1. The quantitative estimate of drug-likeness (QED) is 0.495. The van der Waals surface area contributed by atoms with Crippen LogP contribution >= 0.6 is 11.3 Å². The van der Waals surface area contributed by atoms with Crippen molar-refractivity contribution in [1.29, 1.82) is 0 Å². The van der Waals surface area contributed by atoms with Crippen LogP contribution in [0.25, 0.3) is 22.2 Å². The highest BCUT2D eigenvalue weighted by atomic mass is 32.1. The van der Waals surface area contributed by atoms with Crippen molar-refractivity contribution in [2.24, 2.45) is 0 Å². The van der Waals surface area contributed by atoms with Gasteiger partial charge in [0.15, 0.2) is 10.9 Å². The highest BCUT2D eigenvalue weighted by Crippen LogP contribution is 2.26. The van der Waals surface area contributed by atoms with Gasteiger partial charge < -0.3 is 9.73 Å². The fraction of sp³-hybridized carbons (Fsp3) is 0.136. The van der Waals surface area contributed by atoms with Crippen LogP contribution in [0.1, 0.15) is 23.0 Å². The second-order valence-corrected chi connectivity index (χ2v) is 7.43. The van der Waals surface area contributed by atoms with E-state index in [2.05, 4.69) is 15.6 Å². The number of furan rings is 1. The predicted octanol–water partition coefficient (Wildman–Crippen LogP) is 4.49. The number of rotatable bonds is 6. The lowest BCUT2D eigenvalue weighted by molar-refractivity contribution is -0.118. The topological polar surface area (TPSA) is 84.2 Å². The number of hydrogen-bond acceptors (Lipinski definition) is 5. The fourth-order valence-corrected chi connectivity index (χ4v) is 3.66. The molecule has 4 rings (SSSR count). The molecule has 2 amide bonds. The minimum absolute atomic E-state index is 0.0266. The molecule has 2 N–H and O–H groups in total. The number of nitrogens with one attached hydrogen (secondary N) is 2. The zero-order valence-electron chi connectivity index (χ0n) is 15.8. The van der Waals surface area contributed by atoms with E-state index in [4.69, 9.17) is 4.42 Å². The van der Waals surface area contributed by atoms with Gasteiger partial charge in [0.25, 0.3) is 5.91 Å². The van der Waals surface area contributed by atoms with Crippen LogP contribution in [0.5, 0.6) is 0 Å². The van der Waals surface area contributed by atoms with Crippen LogP contribution in [0.4, 0.5) is 5.13 Å². The van der Waals surface area contributed by atoms with Gasteiger partial charge in [0.05, 0.1) is 5.69 Å². The first kappa shape index (κ1) is 18.9. The van der Waals surface area contributed by atoms with E-state index in [0.717, 1.165) is 28.6 Å². The van der Waals surface area contributed by atoms with Gasteiger partial charge in [-0.3, -0.25) is 14.9 Å². The molecule has 0 radical (unpaired) electrons. The van der Waals surface area contributed by atoms with Crippen molar-refractivity contribution in [3.63, 3.8) is 0 Å². The van der Waals surface area contributed by atoms with Crippen LogP contribution in [0, 0.1) is 0 Å². The summed E-state index contributed by atoms with van der Waals surface area (Å²) in [6, 6.07) is 17.2. The number of carbonyl (C=O) groups excluding carboxylic acids is 2. The summed E-state index contributed by atoms with van der Waals surface area (Å²) in [5, 5.41) is 8.88. The third-order valence-electron chi connectivity index (χ3n) is 4.41. The monoisotopic (exact) mass is 405 g/mol. The van der Waals surface area contributed by atoms with Gasteiger partial charge in [-0.05, 0) is 24.1 Å². The second-order valence-electron chi connectivity index (χ2n) is 6.57. The third-order valence-corrected chi connectivity index (χ3v) is 5.17. The smallest absolute Gasteiger partial charge is 0.293 e. The van der Waals surface area contributed by atoms with E-state index in [-0.39, 0.29) is 17.6 Å². The Morgan fingerprint density at radius 2 is 1.90 bits per heavy atom. The number of carbonyl (C=O) groups is 2. The molecule has 0 saturated carbocycles. The van der Waals surface area contributed by atoms with E-state index in [9.17, 15) is 9.59 Å². The van der Waals surface area contributed by atoms with Crippen LogP contribution in [-0.4, -0.2) is 23.3 Å². The molecule has 0 saturated heterocycles. The maximum atomic E-state index is 12.5. The Bertz CT molecular complexity index is 1130. The first-order chi connectivity index (χ1) is 14.1. The number of benzene rings is 2. The van der Waals surface area contributed by atoms with E-state index < -0.39 is 0 Å². The van der Waals surface area contributed by atoms with Crippen molar-refractivity contribution in [3.05, 3.63) is 71.3 Å². The molecule has 0 aliphatic rings. The first-order valence-electron chi connectivity index (χ1n) is 9.18. The molecule has 0 bridgehead atoms. The number of fused-ring (bicyclic) bond motifs is 1. The van der Waals surface area contributed by atoms with Gasteiger partial charge in [-0.25, -0.2) is 4.98 Å². The van der Waals surface area contributed by atoms with Gasteiger partial charge in [0, 0.05) is 29.8 Å². The van der Waals surface area contributed by atoms with Crippen molar-refractivity contribution in [2.45, 2.75) is 13.3 Å². The Hall–Kier alpha value is -3.45. The summed E-state index contributed by atoms with van der Waals surface area (Å²) < 4.78 is 5.59. The van der Waals surface area contributed by atoms with E-state index in [0.29, 0.717) is 17.3 Å². The standard InChI is InChI=1S/C22H19N3O3S/c1-14(26)23-11-10-15-6-8-16(9-7-15)18-13-29-22(24-18)25-21(27)20-12-17-4-2-3-5-19(17)28-20/h2-9,12-13H,10-11H2,1H3,(H,23,26)(H,24,25,27). The van der Waals surface area contributed by atoms with Crippen LogP contribution in [0.2, 0.25) is 0 Å². The second kappa shape index (κ2) is 8.28. The van der Waals surface area contributed by atoms with Gasteiger partial charge in [0.2, 0.25) is 5.91 Å². The Morgan fingerprint density at radius 1 is 1.10 bits per heavy atom. The van der Waals surface area contributed by atoms with Crippen molar-refractivity contribution in [2.75, 3.05) is 11.9 Å². The lowest BCUT2D eigenvalue weighted by atomic mass is 10.1. The Labute approximate surface area is 171 Å². The zero-order valence-corrected chi connectivity index (χ0v) is 16.6. The molecule has 2 aromatic heterocycles. The molecule has 7 heteroatoms. The Balaban J connectivity index is 1.41. The van der Waals surface area contributed by atoms with Crippen LogP contribution in [-0.2, 0) is 11.2 Å². The van der Waals surface area contributed by atoms with Crippen molar-refractivity contribution < 1.29 is 14.0 Å². The van der Waals surface area contributed by atoms with E-state index in [1.807, 2.05) is 53.9 Å². The minimum Gasteiger partial charge on any atom is -0.451 e. The summed E-state index contributed by atoms with van der Waals surface area (Å²) in [5.41, 5.74) is 3.57. The average molecular weight is 405 g/mol. The van der Waals surface area contributed by atoms with Crippen LogP contribution < -0.4 is 10.6 Å². The van der Waals surface area contributed by atoms with Crippen molar-refractivity contribution >= 4 is 39.3 Å². The van der Waals surface area contributed by atoms with Gasteiger partial charge in [-0.1, -0.05) is 42.5 Å². The number of amides is 2. The first-order valence-corrected chi connectivity index (χ1v) is 10.1. The van der Waals surface area contributed by atoms with Crippen molar-refractivity contribution in [1.82, 2.24) is 10.3 Å². The number of hydrogen-bond donors (Lipinski definition) is 2.